The number of anilines is 1. The predicted molar refractivity (Wildman–Crippen MR) is 139 cm³/mol. The summed E-state index contributed by atoms with van der Waals surface area (Å²) in [4.78, 5) is 7.21. The van der Waals surface area contributed by atoms with Crippen LogP contribution >= 0.6 is 0 Å². The van der Waals surface area contributed by atoms with E-state index in [4.69, 9.17) is 9.47 Å². The highest BCUT2D eigenvalue weighted by Crippen LogP contribution is 2.28. The first-order valence-corrected chi connectivity index (χ1v) is 13.0. The fourth-order valence-corrected chi connectivity index (χ4v) is 4.74. The average molecular weight is 470 g/mol. The van der Waals surface area contributed by atoms with Gasteiger partial charge in [0.25, 0.3) is 0 Å². The molecule has 0 spiro atoms. The summed E-state index contributed by atoms with van der Waals surface area (Å²) < 4.78 is 14.1. The number of rotatable bonds is 12. The molecule has 1 aromatic carbocycles. The van der Waals surface area contributed by atoms with Crippen molar-refractivity contribution in [2.45, 2.75) is 32.2 Å². The van der Waals surface area contributed by atoms with Gasteiger partial charge in [0.2, 0.25) is 0 Å². The van der Waals surface area contributed by atoms with Crippen molar-refractivity contribution in [2.75, 3.05) is 85.0 Å². The maximum atomic E-state index is 6.36. The Hall–Kier alpha value is -2.06. The van der Waals surface area contributed by atoms with Crippen LogP contribution in [-0.4, -0.2) is 99.0 Å². The number of aromatic nitrogens is 1. The van der Waals surface area contributed by atoms with Gasteiger partial charge in [0.15, 0.2) is 0 Å². The van der Waals surface area contributed by atoms with E-state index in [-0.39, 0.29) is 0 Å². The maximum absolute atomic E-state index is 6.36. The van der Waals surface area contributed by atoms with Gasteiger partial charge in [-0.2, -0.15) is 0 Å². The van der Waals surface area contributed by atoms with Gasteiger partial charge in [-0.25, -0.2) is 0 Å². The van der Waals surface area contributed by atoms with Crippen LogP contribution in [0, 0.1) is 0 Å². The number of piperidine rings is 1. The van der Waals surface area contributed by atoms with Gasteiger partial charge in [-0.15, -0.1) is 0 Å². The molecule has 2 aromatic rings. The lowest BCUT2D eigenvalue weighted by atomic mass is 10.1. The van der Waals surface area contributed by atoms with Crippen molar-refractivity contribution in [3.8, 4) is 11.4 Å². The lowest BCUT2D eigenvalue weighted by Crippen LogP contribution is -2.35. The molecule has 2 fully saturated rings. The molecule has 4 rings (SSSR count). The summed E-state index contributed by atoms with van der Waals surface area (Å²) in [5, 5.41) is 3.60. The third kappa shape index (κ3) is 7.73. The van der Waals surface area contributed by atoms with Crippen LogP contribution in [0.4, 0.5) is 5.69 Å². The van der Waals surface area contributed by atoms with Gasteiger partial charge in [-0.3, -0.25) is 9.80 Å². The van der Waals surface area contributed by atoms with Crippen LogP contribution in [0.5, 0.6) is 5.75 Å². The molecule has 1 aromatic heterocycles. The smallest absolute Gasteiger partial charge is 0.144 e. The lowest BCUT2D eigenvalue weighted by Gasteiger charge is -2.26. The number of morpholine rings is 1. The summed E-state index contributed by atoms with van der Waals surface area (Å²) in [5.74, 6) is 0.947. The number of hydrogen-bond donors (Lipinski definition) is 1. The van der Waals surface area contributed by atoms with E-state index in [9.17, 15) is 0 Å². The topological polar surface area (TPSA) is 45.1 Å². The van der Waals surface area contributed by atoms with Crippen molar-refractivity contribution in [1.29, 1.82) is 0 Å². The Bertz CT molecular complexity index is 856. The van der Waals surface area contributed by atoms with Crippen LogP contribution in [0.2, 0.25) is 0 Å². The zero-order valence-corrected chi connectivity index (χ0v) is 21.2. The maximum Gasteiger partial charge on any atom is 0.144 e. The van der Waals surface area contributed by atoms with Gasteiger partial charge in [-0.05, 0) is 76.8 Å². The highest BCUT2D eigenvalue weighted by atomic mass is 16.5. The Morgan fingerprint density at radius 1 is 1.00 bits per heavy atom. The van der Waals surface area contributed by atoms with Crippen LogP contribution in [0.1, 0.15) is 31.2 Å². The summed E-state index contributed by atoms with van der Waals surface area (Å²) in [7, 11) is 4.24. The molecule has 2 aliphatic rings. The average Bonchev–Trinajstić information content (AvgIpc) is 3.32. The van der Waals surface area contributed by atoms with Crippen LogP contribution in [-0.2, 0) is 11.3 Å². The van der Waals surface area contributed by atoms with E-state index >= 15 is 0 Å². The predicted octanol–water partition coefficient (Wildman–Crippen LogP) is 3.54. The van der Waals surface area contributed by atoms with E-state index in [1.807, 2.05) is 0 Å². The zero-order valence-electron chi connectivity index (χ0n) is 21.2. The van der Waals surface area contributed by atoms with E-state index in [0.29, 0.717) is 0 Å². The molecule has 3 heterocycles. The monoisotopic (exact) mass is 469 g/mol. The van der Waals surface area contributed by atoms with Crippen molar-refractivity contribution in [3.05, 3.63) is 42.2 Å². The highest BCUT2D eigenvalue weighted by molar-refractivity contribution is 5.61. The van der Waals surface area contributed by atoms with Crippen LogP contribution in [0.25, 0.3) is 5.69 Å². The molecule has 0 saturated carbocycles. The first kappa shape index (κ1) is 25.0. The van der Waals surface area contributed by atoms with E-state index < -0.39 is 0 Å². The summed E-state index contributed by atoms with van der Waals surface area (Å²) >= 11 is 0. The molecule has 0 bridgehead atoms. The largest absolute Gasteiger partial charge is 0.490 e. The molecule has 34 heavy (non-hydrogen) atoms. The number of nitrogens with one attached hydrogen (secondary N) is 1. The molecule has 7 nitrogen and oxygen atoms in total. The molecular formula is C27H43N5O2. The Morgan fingerprint density at radius 3 is 2.62 bits per heavy atom. The Morgan fingerprint density at radius 2 is 1.82 bits per heavy atom. The van der Waals surface area contributed by atoms with E-state index in [0.717, 1.165) is 82.6 Å². The third-order valence-corrected chi connectivity index (χ3v) is 6.74. The Balaban J connectivity index is 1.40. The minimum atomic E-state index is 0.726. The zero-order chi connectivity index (χ0) is 23.6. The number of hydrogen-bond acceptors (Lipinski definition) is 6. The SMILES string of the molecule is CN(C)CCCNc1ccc(-n2ccc(CN3CCOCC3)c2)cc1OCCN1CCCCC1. The Labute approximate surface area is 205 Å². The van der Waals surface area contributed by atoms with Crippen LogP contribution in [0.3, 0.4) is 0 Å². The fraction of sp³-hybridized carbons (Fsp3) is 0.630. The normalized spacial score (nSPS) is 17.9. The van der Waals surface area contributed by atoms with Gasteiger partial charge in [-0.1, -0.05) is 6.42 Å². The molecule has 0 aliphatic carbocycles. The molecule has 2 aliphatic heterocycles. The second-order valence-electron chi connectivity index (χ2n) is 9.83. The van der Waals surface area contributed by atoms with Crippen molar-refractivity contribution in [3.63, 3.8) is 0 Å². The first-order valence-electron chi connectivity index (χ1n) is 13.0. The first-order chi connectivity index (χ1) is 16.7. The minimum Gasteiger partial charge on any atom is -0.490 e. The van der Waals surface area contributed by atoms with Gasteiger partial charge < -0.3 is 24.3 Å². The second-order valence-corrected chi connectivity index (χ2v) is 9.83. The summed E-state index contributed by atoms with van der Waals surface area (Å²) in [5.41, 5.74) is 3.56. The van der Waals surface area contributed by atoms with E-state index in [1.54, 1.807) is 0 Å². The third-order valence-electron chi connectivity index (χ3n) is 6.74. The van der Waals surface area contributed by atoms with Gasteiger partial charge in [0.05, 0.1) is 18.9 Å². The quantitative estimate of drug-likeness (QED) is 0.480. The number of nitrogens with zero attached hydrogens (tertiary/aromatic N) is 4. The molecule has 2 saturated heterocycles. The summed E-state index contributed by atoms with van der Waals surface area (Å²) in [6, 6.07) is 8.76. The number of likely N-dealkylation sites (tertiary alicyclic amines) is 1. The summed E-state index contributed by atoms with van der Waals surface area (Å²) in [6.45, 7) is 10.8. The van der Waals surface area contributed by atoms with E-state index in [1.165, 1.54) is 37.9 Å². The molecular weight excluding hydrogens is 426 g/mol. The molecule has 0 radical (unpaired) electrons. The molecule has 188 valence electrons. The molecule has 7 heteroatoms. The van der Waals surface area contributed by atoms with Crippen molar-refractivity contribution in [2.24, 2.45) is 0 Å². The molecule has 0 amide bonds. The number of benzene rings is 1. The summed E-state index contributed by atoms with van der Waals surface area (Å²) in [6.07, 6.45) is 9.50. The van der Waals surface area contributed by atoms with Gasteiger partial charge in [0, 0.05) is 56.9 Å². The molecule has 1 N–H and O–H groups in total. The fourth-order valence-electron chi connectivity index (χ4n) is 4.74. The van der Waals surface area contributed by atoms with E-state index in [2.05, 4.69) is 75.3 Å². The highest BCUT2D eigenvalue weighted by Gasteiger charge is 2.13. The molecule has 0 unspecified atom stereocenters. The second kappa shape index (κ2) is 13.1. The standard InChI is InChI=1S/C27H43N5O2/c1-29(2)11-6-10-28-26-8-7-25(21-27(26)34-20-17-30-12-4-3-5-13-30)32-14-9-24(23-32)22-31-15-18-33-19-16-31/h7-9,14,21,23,28H,3-6,10-13,15-20,22H2,1-2H3. The number of ether oxygens (including phenoxy) is 2. The van der Waals surface area contributed by atoms with Crippen molar-refractivity contribution in [1.82, 2.24) is 19.3 Å². The van der Waals surface area contributed by atoms with Gasteiger partial charge in [0.1, 0.15) is 12.4 Å². The molecule has 0 atom stereocenters. The lowest BCUT2D eigenvalue weighted by molar-refractivity contribution is 0.0342. The van der Waals surface area contributed by atoms with Crippen LogP contribution in [0.15, 0.2) is 36.7 Å². The van der Waals surface area contributed by atoms with Crippen LogP contribution < -0.4 is 10.1 Å². The van der Waals surface area contributed by atoms with Gasteiger partial charge >= 0.3 is 0 Å². The minimum absolute atomic E-state index is 0.726. The van der Waals surface area contributed by atoms with Crippen molar-refractivity contribution >= 4 is 5.69 Å². The van der Waals surface area contributed by atoms with Crippen molar-refractivity contribution < 1.29 is 9.47 Å². The Kier molecular flexibility index (Phi) is 9.68.